The highest BCUT2D eigenvalue weighted by atomic mass is 16.5. The average Bonchev–Trinajstić information content (AvgIpc) is 2.65. The SMILES string of the molecule is CC1COC(CN)CN1c1nnnn1C. The lowest BCUT2D eigenvalue weighted by molar-refractivity contribution is 0.0274. The van der Waals surface area contributed by atoms with E-state index in [0.717, 1.165) is 12.5 Å². The van der Waals surface area contributed by atoms with Crippen LogP contribution < -0.4 is 10.6 Å². The number of rotatable bonds is 2. The van der Waals surface area contributed by atoms with Gasteiger partial charge in [-0.05, 0) is 17.4 Å². The third-order valence-corrected chi connectivity index (χ3v) is 2.62. The molecule has 0 radical (unpaired) electrons. The molecule has 0 aliphatic carbocycles. The largest absolute Gasteiger partial charge is 0.373 e. The molecule has 7 heteroatoms. The number of hydrogen-bond donors (Lipinski definition) is 1. The Bertz CT molecular complexity index is 327. The van der Waals surface area contributed by atoms with Crippen LogP contribution in [0.3, 0.4) is 0 Å². The van der Waals surface area contributed by atoms with Gasteiger partial charge in [0.2, 0.25) is 5.95 Å². The van der Waals surface area contributed by atoms with Gasteiger partial charge in [0.05, 0.1) is 18.8 Å². The second-order valence-electron chi connectivity index (χ2n) is 3.79. The monoisotopic (exact) mass is 212 g/mol. The van der Waals surface area contributed by atoms with Crippen LogP contribution >= 0.6 is 0 Å². The van der Waals surface area contributed by atoms with Gasteiger partial charge in [-0.15, -0.1) is 0 Å². The lowest BCUT2D eigenvalue weighted by Gasteiger charge is -2.37. The van der Waals surface area contributed by atoms with Crippen molar-refractivity contribution >= 4 is 5.95 Å². The van der Waals surface area contributed by atoms with Crippen molar-refractivity contribution in [3.63, 3.8) is 0 Å². The maximum absolute atomic E-state index is 5.59. The van der Waals surface area contributed by atoms with E-state index in [1.165, 1.54) is 0 Å². The van der Waals surface area contributed by atoms with E-state index in [1.54, 1.807) is 4.68 Å². The summed E-state index contributed by atoms with van der Waals surface area (Å²) in [6, 6.07) is 0.275. The van der Waals surface area contributed by atoms with Gasteiger partial charge in [0.1, 0.15) is 0 Å². The number of anilines is 1. The first kappa shape index (κ1) is 10.3. The van der Waals surface area contributed by atoms with Gasteiger partial charge >= 0.3 is 0 Å². The van der Waals surface area contributed by atoms with Gasteiger partial charge in [-0.3, -0.25) is 0 Å². The van der Waals surface area contributed by atoms with Crippen molar-refractivity contribution < 1.29 is 4.74 Å². The van der Waals surface area contributed by atoms with Gasteiger partial charge in [0.15, 0.2) is 0 Å². The highest BCUT2D eigenvalue weighted by molar-refractivity contribution is 5.30. The second kappa shape index (κ2) is 4.11. The van der Waals surface area contributed by atoms with Crippen LogP contribution in [0, 0.1) is 0 Å². The Kier molecular flexibility index (Phi) is 2.83. The minimum absolute atomic E-state index is 0.0675. The van der Waals surface area contributed by atoms with E-state index in [1.807, 2.05) is 7.05 Å². The molecule has 2 atom stereocenters. The van der Waals surface area contributed by atoms with E-state index in [4.69, 9.17) is 10.5 Å². The van der Waals surface area contributed by atoms with Gasteiger partial charge in [-0.1, -0.05) is 5.10 Å². The van der Waals surface area contributed by atoms with Crippen LogP contribution in [-0.4, -0.2) is 52.0 Å². The Hall–Kier alpha value is -1.21. The summed E-state index contributed by atoms with van der Waals surface area (Å²) in [4.78, 5) is 2.13. The first-order valence-electron chi connectivity index (χ1n) is 5.03. The van der Waals surface area contributed by atoms with Crippen molar-refractivity contribution in [3.8, 4) is 0 Å². The maximum atomic E-state index is 5.59. The smallest absolute Gasteiger partial charge is 0.245 e. The number of ether oxygens (including phenoxy) is 1. The molecular formula is C8H16N6O. The van der Waals surface area contributed by atoms with Crippen molar-refractivity contribution in [1.29, 1.82) is 0 Å². The molecule has 1 aliphatic heterocycles. The summed E-state index contributed by atoms with van der Waals surface area (Å²) in [7, 11) is 1.83. The lowest BCUT2D eigenvalue weighted by atomic mass is 10.2. The van der Waals surface area contributed by atoms with Crippen LogP contribution in [0.1, 0.15) is 6.92 Å². The van der Waals surface area contributed by atoms with Crippen molar-refractivity contribution in [1.82, 2.24) is 20.2 Å². The van der Waals surface area contributed by atoms with Crippen LogP contribution in [0.5, 0.6) is 0 Å². The van der Waals surface area contributed by atoms with E-state index in [9.17, 15) is 0 Å². The summed E-state index contributed by atoms with van der Waals surface area (Å²) >= 11 is 0. The zero-order valence-corrected chi connectivity index (χ0v) is 9.00. The highest BCUT2D eigenvalue weighted by Gasteiger charge is 2.28. The zero-order valence-electron chi connectivity index (χ0n) is 9.00. The van der Waals surface area contributed by atoms with Gasteiger partial charge in [-0.2, -0.15) is 0 Å². The standard InChI is InChI=1S/C8H16N6O/c1-6-5-15-7(3-9)4-14(6)8-10-11-12-13(8)2/h6-7H,3-5,9H2,1-2H3. The fraction of sp³-hybridized carbons (Fsp3) is 0.875. The van der Waals surface area contributed by atoms with Crippen molar-refractivity contribution in [2.75, 3.05) is 24.6 Å². The Balaban J connectivity index is 2.16. The fourth-order valence-corrected chi connectivity index (χ4v) is 1.71. The number of tetrazole rings is 1. The number of hydrogen-bond acceptors (Lipinski definition) is 6. The Morgan fingerprint density at radius 1 is 1.60 bits per heavy atom. The molecule has 15 heavy (non-hydrogen) atoms. The number of nitrogens with zero attached hydrogens (tertiary/aromatic N) is 5. The topological polar surface area (TPSA) is 82.1 Å². The molecule has 0 amide bonds. The molecule has 1 aromatic heterocycles. The van der Waals surface area contributed by atoms with E-state index in [-0.39, 0.29) is 12.1 Å². The van der Waals surface area contributed by atoms with Gasteiger partial charge in [-0.25, -0.2) is 4.68 Å². The van der Waals surface area contributed by atoms with Crippen LogP contribution in [0.15, 0.2) is 0 Å². The molecule has 1 aliphatic rings. The summed E-state index contributed by atoms with van der Waals surface area (Å²) in [6.07, 6.45) is 0.0675. The summed E-state index contributed by atoms with van der Waals surface area (Å²) in [5.74, 6) is 0.768. The normalized spacial score (nSPS) is 27.0. The van der Waals surface area contributed by atoms with Gasteiger partial charge < -0.3 is 15.4 Å². The third-order valence-electron chi connectivity index (χ3n) is 2.62. The van der Waals surface area contributed by atoms with Gasteiger partial charge in [0, 0.05) is 20.1 Å². The molecular weight excluding hydrogens is 196 g/mol. The van der Waals surface area contributed by atoms with Gasteiger partial charge in [0.25, 0.3) is 0 Å². The van der Waals surface area contributed by atoms with Crippen molar-refractivity contribution in [2.24, 2.45) is 12.8 Å². The van der Waals surface area contributed by atoms with E-state index >= 15 is 0 Å². The Labute approximate surface area is 88.2 Å². The molecule has 2 unspecified atom stereocenters. The summed E-state index contributed by atoms with van der Waals surface area (Å²) < 4.78 is 7.23. The number of aryl methyl sites for hydroxylation is 1. The minimum atomic E-state index is 0.0675. The zero-order chi connectivity index (χ0) is 10.8. The predicted molar refractivity (Wildman–Crippen MR) is 54.4 cm³/mol. The molecule has 1 aromatic rings. The maximum Gasteiger partial charge on any atom is 0.245 e. The number of nitrogens with two attached hydrogens (primary N) is 1. The molecule has 0 spiro atoms. The van der Waals surface area contributed by atoms with Crippen LogP contribution in [-0.2, 0) is 11.8 Å². The molecule has 7 nitrogen and oxygen atoms in total. The molecule has 1 fully saturated rings. The van der Waals surface area contributed by atoms with Crippen LogP contribution in [0.25, 0.3) is 0 Å². The fourth-order valence-electron chi connectivity index (χ4n) is 1.71. The first-order chi connectivity index (χ1) is 7.22. The Morgan fingerprint density at radius 3 is 3.00 bits per heavy atom. The molecule has 2 heterocycles. The Morgan fingerprint density at radius 2 is 2.40 bits per heavy atom. The molecule has 0 aromatic carbocycles. The number of aromatic nitrogens is 4. The third kappa shape index (κ3) is 1.93. The van der Waals surface area contributed by atoms with E-state index < -0.39 is 0 Å². The van der Waals surface area contributed by atoms with Crippen molar-refractivity contribution in [2.45, 2.75) is 19.1 Å². The highest BCUT2D eigenvalue weighted by Crippen LogP contribution is 2.17. The summed E-state index contributed by atoms with van der Waals surface area (Å²) in [5, 5.41) is 11.4. The van der Waals surface area contributed by atoms with E-state index in [2.05, 4.69) is 27.3 Å². The van der Waals surface area contributed by atoms with Crippen LogP contribution in [0.2, 0.25) is 0 Å². The predicted octanol–water partition coefficient (Wildman–Crippen LogP) is -1.24. The molecule has 2 N–H and O–H groups in total. The first-order valence-corrected chi connectivity index (χ1v) is 5.03. The van der Waals surface area contributed by atoms with Crippen molar-refractivity contribution in [3.05, 3.63) is 0 Å². The second-order valence-corrected chi connectivity index (χ2v) is 3.79. The quantitative estimate of drug-likeness (QED) is 0.660. The van der Waals surface area contributed by atoms with E-state index in [0.29, 0.717) is 13.2 Å². The summed E-state index contributed by atoms with van der Waals surface area (Å²) in [5.41, 5.74) is 5.59. The molecule has 0 saturated carbocycles. The van der Waals surface area contributed by atoms with Crippen LogP contribution in [0.4, 0.5) is 5.95 Å². The molecule has 2 rings (SSSR count). The molecule has 1 saturated heterocycles. The molecule has 0 bridgehead atoms. The summed E-state index contributed by atoms with van der Waals surface area (Å²) in [6.45, 7) is 4.01. The average molecular weight is 212 g/mol. The minimum Gasteiger partial charge on any atom is -0.373 e. The molecule has 84 valence electrons. The number of morpholine rings is 1. The lowest BCUT2D eigenvalue weighted by Crippen LogP contribution is -2.51.